The Morgan fingerprint density at radius 3 is 1.82 bits per heavy atom. The number of carbonyl (C=O) groups excluding carboxylic acids is 5. The van der Waals surface area contributed by atoms with E-state index < -0.39 is 91.4 Å². The van der Waals surface area contributed by atoms with E-state index in [4.69, 9.17) is 10.8 Å². The average Bonchev–Trinajstić information content (AvgIpc) is 2.76. The Morgan fingerprint density at radius 1 is 0.794 bits per heavy atom. The van der Waals surface area contributed by atoms with Crippen molar-refractivity contribution in [2.45, 2.75) is 58.0 Å². The van der Waals surface area contributed by atoms with E-state index in [-0.39, 0.29) is 0 Å². The molecule has 0 bridgehead atoms. The van der Waals surface area contributed by atoms with Crippen LogP contribution in [0.2, 0.25) is 0 Å². The third-order valence-corrected chi connectivity index (χ3v) is 4.49. The van der Waals surface area contributed by atoms with Crippen molar-refractivity contribution in [1.82, 2.24) is 26.6 Å². The van der Waals surface area contributed by atoms with Crippen LogP contribution in [-0.4, -0.2) is 101 Å². The van der Waals surface area contributed by atoms with Gasteiger partial charge in [-0.15, -0.1) is 0 Å². The summed E-state index contributed by atoms with van der Waals surface area (Å²) in [5.74, 6) is -5.74. The highest BCUT2D eigenvalue weighted by molar-refractivity contribution is 5.95. The van der Waals surface area contributed by atoms with Crippen molar-refractivity contribution in [3.63, 3.8) is 0 Å². The van der Waals surface area contributed by atoms with Gasteiger partial charge in [0.05, 0.1) is 19.3 Å². The molecule has 0 unspecified atom stereocenters. The van der Waals surface area contributed by atoms with E-state index in [1.807, 2.05) is 0 Å². The fourth-order valence-corrected chi connectivity index (χ4v) is 2.42. The number of carboxylic acid groups (broad SMARTS) is 1. The molecule has 0 aromatic rings. The molecule has 194 valence electrons. The highest BCUT2D eigenvalue weighted by Crippen LogP contribution is 2.02. The Morgan fingerprint density at radius 2 is 1.35 bits per heavy atom. The Kier molecular flexibility index (Phi) is 13.3. The van der Waals surface area contributed by atoms with Gasteiger partial charge in [-0.05, 0) is 19.8 Å². The molecule has 0 saturated heterocycles. The number of nitrogens with one attached hydrogen (secondary N) is 5. The van der Waals surface area contributed by atoms with Crippen LogP contribution in [-0.2, 0) is 28.8 Å². The fraction of sp³-hybridized carbons (Fsp3) is 0.684. The number of aliphatic hydroxyl groups excluding tert-OH is 2. The molecule has 0 heterocycles. The minimum Gasteiger partial charge on any atom is -0.480 e. The molecule has 0 aliphatic carbocycles. The van der Waals surface area contributed by atoms with Crippen LogP contribution in [0.1, 0.15) is 27.7 Å². The van der Waals surface area contributed by atoms with Crippen LogP contribution in [0, 0.1) is 5.92 Å². The van der Waals surface area contributed by atoms with Crippen LogP contribution in [0.5, 0.6) is 0 Å². The van der Waals surface area contributed by atoms with Crippen molar-refractivity contribution >= 4 is 35.5 Å². The lowest BCUT2D eigenvalue weighted by Gasteiger charge is -2.24. The summed E-state index contributed by atoms with van der Waals surface area (Å²) in [6.45, 7) is 3.75. The van der Waals surface area contributed by atoms with E-state index >= 15 is 0 Å². The van der Waals surface area contributed by atoms with Gasteiger partial charge in [-0.25, -0.2) is 0 Å². The molecular formula is C19H34N6O9. The first-order valence-electron chi connectivity index (χ1n) is 10.4. The molecule has 15 nitrogen and oxygen atoms in total. The molecule has 0 aromatic heterocycles. The first kappa shape index (κ1) is 30.7. The average molecular weight is 491 g/mol. The first-order chi connectivity index (χ1) is 15.7. The number of aliphatic carboxylic acids is 1. The summed E-state index contributed by atoms with van der Waals surface area (Å²) in [6, 6.07) is -4.92. The van der Waals surface area contributed by atoms with Crippen LogP contribution in [0.4, 0.5) is 0 Å². The van der Waals surface area contributed by atoms with Crippen molar-refractivity contribution in [2.24, 2.45) is 11.7 Å². The van der Waals surface area contributed by atoms with Crippen molar-refractivity contribution in [3.8, 4) is 0 Å². The van der Waals surface area contributed by atoms with Crippen LogP contribution in [0.15, 0.2) is 0 Å². The molecule has 10 N–H and O–H groups in total. The largest absolute Gasteiger partial charge is 0.480 e. The highest BCUT2D eigenvalue weighted by Gasteiger charge is 2.29. The number of carboxylic acids is 1. The summed E-state index contributed by atoms with van der Waals surface area (Å²) >= 11 is 0. The van der Waals surface area contributed by atoms with Crippen LogP contribution < -0.4 is 32.3 Å². The minimum atomic E-state index is -1.46. The maximum Gasteiger partial charge on any atom is 0.322 e. The molecule has 0 saturated carbocycles. The first-order valence-corrected chi connectivity index (χ1v) is 10.4. The van der Waals surface area contributed by atoms with E-state index in [9.17, 15) is 39.0 Å². The molecule has 0 rings (SSSR count). The van der Waals surface area contributed by atoms with E-state index in [1.165, 1.54) is 13.8 Å². The van der Waals surface area contributed by atoms with Crippen LogP contribution in [0.3, 0.4) is 0 Å². The van der Waals surface area contributed by atoms with Gasteiger partial charge in [0.25, 0.3) is 0 Å². The third kappa shape index (κ3) is 11.0. The van der Waals surface area contributed by atoms with Crippen LogP contribution >= 0.6 is 0 Å². The third-order valence-electron chi connectivity index (χ3n) is 4.49. The summed E-state index contributed by atoms with van der Waals surface area (Å²) in [6.07, 6.45) is -1.14. The molecule has 15 heteroatoms. The molecule has 0 aliphatic heterocycles. The van der Waals surface area contributed by atoms with Crippen molar-refractivity contribution in [3.05, 3.63) is 0 Å². The number of hydrogen-bond acceptors (Lipinski definition) is 9. The van der Waals surface area contributed by atoms with E-state index in [2.05, 4.69) is 26.6 Å². The zero-order chi connectivity index (χ0) is 26.6. The lowest BCUT2D eigenvalue weighted by Crippen LogP contribution is -2.58. The Hall–Kier alpha value is -3.30. The van der Waals surface area contributed by atoms with Gasteiger partial charge in [0.15, 0.2) is 0 Å². The SMILES string of the molecule is CC(C)[C@H](NC(=O)[C@H](CO)NC(=O)CNC(=O)[C@H](C)NC(=O)[C@@H](N)[C@@H](C)O)C(=O)NCC(=O)O. The van der Waals surface area contributed by atoms with Gasteiger partial charge >= 0.3 is 5.97 Å². The van der Waals surface area contributed by atoms with Gasteiger partial charge in [0, 0.05) is 0 Å². The maximum atomic E-state index is 12.4. The van der Waals surface area contributed by atoms with Crippen LogP contribution in [0.25, 0.3) is 0 Å². The van der Waals surface area contributed by atoms with E-state index in [0.717, 1.165) is 0 Å². The smallest absolute Gasteiger partial charge is 0.322 e. The Balaban J connectivity index is 4.81. The summed E-state index contributed by atoms with van der Waals surface area (Å²) < 4.78 is 0. The molecule has 5 amide bonds. The number of rotatable bonds is 14. The quantitative estimate of drug-likeness (QED) is 0.112. The zero-order valence-electron chi connectivity index (χ0n) is 19.5. The van der Waals surface area contributed by atoms with Crippen molar-refractivity contribution in [2.75, 3.05) is 19.7 Å². The second-order valence-electron chi connectivity index (χ2n) is 7.86. The molecule has 5 atom stereocenters. The molecule has 34 heavy (non-hydrogen) atoms. The molecule has 0 aliphatic rings. The lowest BCUT2D eigenvalue weighted by molar-refractivity contribution is -0.139. The summed E-state index contributed by atoms with van der Waals surface area (Å²) in [5, 5.41) is 38.6. The van der Waals surface area contributed by atoms with Gasteiger partial charge < -0.3 is 47.6 Å². The lowest BCUT2D eigenvalue weighted by atomic mass is 10.0. The number of hydrogen-bond donors (Lipinski definition) is 9. The fourth-order valence-electron chi connectivity index (χ4n) is 2.42. The second-order valence-corrected chi connectivity index (χ2v) is 7.86. The summed E-state index contributed by atoms with van der Waals surface area (Å²) in [5.41, 5.74) is 5.46. The minimum absolute atomic E-state index is 0.439. The topological polar surface area (TPSA) is 249 Å². The monoisotopic (exact) mass is 490 g/mol. The Labute approximate surface area is 196 Å². The number of aliphatic hydroxyl groups is 2. The van der Waals surface area contributed by atoms with Gasteiger partial charge in [-0.2, -0.15) is 0 Å². The number of nitrogens with two attached hydrogens (primary N) is 1. The maximum absolute atomic E-state index is 12.4. The zero-order valence-corrected chi connectivity index (χ0v) is 19.5. The van der Waals surface area contributed by atoms with E-state index in [1.54, 1.807) is 13.8 Å². The standard InChI is InChI=1S/C19H34N6O9/c1-8(2)15(19(34)22-6-13(29)30)25-17(32)11(7-26)24-12(28)5-21-16(31)9(3)23-18(33)14(20)10(4)27/h8-11,14-15,26-27H,5-7,20H2,1-4H3,(H,21,31)(H,22,34)(H,23,33)(H,24,28)(H,25,32)(H,29,30)/t9-,10+,11-,14-,15-/m0/s1. The summed E-state index contributed by atoms with van der Waals surface area (Å²) in [7, 11) is 0. The molecule has 0 fully saturated rings. The molecular weight excluding hydrogens is 456 g/mol. The van der Waals surface area contributed by atoms with Crippen molar-refractivity contribution in [1.29, 1.82) is 0 Å². The van der Waals surface area contributed by atoms with Gasteiger partial charge in [0.1, 0.15) is 30.7 Å². The number of amides is 5. The van der Waals surface area contributed by atoms with Gasteiger partial charge in [-0.3, -0.25) is 28.8 Å². The highest BCUT2D eigenvalue weighted by atomic mass is 16.4. The Bertz CT molecular complexity index is 759. The van der Waals surface area contributed by atoms with Gasteiger partial charge in [0.2, 0.25) is 29.5 Å². The predicted octanol–water partition coefficient (Wildman–Crippen LogP) is -4.87. The molecule has 0 spiro atoms. The van der Waals surface area contributed by atoms with E-state index in [0.29, 0.717) is 0 Å². The second kappa shape index (κ2) is 14.8. The van der Waals surface area contributed by atoms with Crippen molar-refractivity contribution < 1.29 is 44.1 Å². The molecule has 0 aromatic carbocycles. The predicted molar refractivity (Wildman–Crippen MR) is 117 cm³/mol. The van der Waals surface area contributed by atoms with Gasteiger partial charge in [-0.1, -0.05) is 13.8 Å². The number of carbonyl (C=O) groups is 6. The summed E-state index contributed by atoms with van der Waals surface area (Å²) in [4.78, 5) is 71.0. The normalized spacial score (nSPS) is 15.2. The molecule has 0 radical (unpaired) electrons.